The number of halogens is 1. The third-order valence-corrected chi connectivity index (χ3v) is 6.69. The highest BCUT2D eigenvalue weighted by Crippen LogP contribution is 2.20. The molecular weight excluding hydrogens is 407 g/mol. The zero-order chi connectivity index (χ0) is 19.9. The van der Waals surface area contributed by atoms with Crippen molar-refractivity contribution < 1.29 is 12.8 Å². The molecule has 2 aromatic rings. The van der Waals surface area contributed by atoms with Crippen molar-refractivity contribution in [2.75, 3.05) is 12.8 Å². The number of guanidine groups is 1. The van der Waals surface area contributed by atoms with Crippen LogP contribution in [-0.4, -0.2) is 27.2 Å². The normalized spacial score (nSPS) is 12.2. The van der Waals surface area contributed by atoms with E-state index in [0.29, 0.717) is 25.6 Å². The van der Waals surface area contributed by atoms with E-state index >= 15 is 0 Å². The highest BCUT2D eigenvalue weighted by molar-refractivity contribution is 7.97. The minimum absolute atomic E-state index is 0.134. The van der Waals surface area contributed by atoms with Crippen molar-refractivity contribution in [3.05, 3.63) is 52.2 Å². The maximum absolute atomic E-state index is 13.5. The summed E-state index contributed by atoms with van der Waals surface area (Å²) in [4.78, 5) is 5.38. The van der Waals surface area contributed by atoms with Crippen molar-refractivity contribution >= 4 is 39.1 Å². The molecular formula is C17H23FN4O2S3. The van der Waals surface area contributed by atoms with Crippen LogP contribution in [0.25, 0.3) is 0 Å². The monoisotopic (exact) mass is 430 g/mol. The molecule has 0 spiro atoms. The minimum atomic E-state index is -3.68. The van der Waals surface area contributed by atoms with E-state index in [0.717, 1.165) is 33.1 Å². The van der Waals surface area contributed by atoms with E-state index in [4.69, 9.17) is 5.14 Å². The number of nitrogens with one attached hydrogen (secondary N) is 2. The summed E-state index contributed by atoms with van der Waals surface area (Å²) in [5.41, 5.74) is 1.90. The lowest BCUT2D eigenvalue weighted by atomic mass is 10.1. The molecule has 6 nitrogen and oxygen atoms in total. The Labute approximate surface area is 167 Å². The molecule has 4 N–H and O–H groups in total. The number of thiophene rings is 1. The number of thioether (sulfide) groups is 1. The summed E-state index contributed by atoms with van der Waals surface area (Å²) in [6, 6.07) is 7.95. The molecule has 0 bridgehead atoms. The molecule has 0 fully saturated rings. The van der Waals surface area contributed by atoms with Gasteiger partial charge in [0.05, 0.1) is 13.1 Å². The summed E-state index contributed by atoms with van der Waals surface area (Å²) >= 11 is 2.75. The van der Waals surface area contributed by atoms with Crippen LogP contribution in [0, 0.1) is 5.82 Å². The molecule has 1 aromatic heterocycles. The predicted molar refractivity (Wildman–Crippen MR) is 111 cm³/mol. The van der Waals surface area contributed by atoms with Gasteiger partial charge >= 0.3 is 0 Å². The number of hydrogen-bond acceptors (Lipinski definition) is 5. The Hall–Kier alpha value is -1.62. The molecule has 0 aliphatic heterocycles. The smallest absolute Gasteiger partial charge is 0.247 e. The van der Waals surface area contributed by atoms with E-state index in [1.165, 1.54) is 12.1 Å². The van der Waals surface area contributed by atoms with E-state index in [-0.39, 0.29) is 10.0 Å². The van der Waals surface area contributed by atoms with Gasteiger partial charge in [-0.25, -0.2) is 22.9 Å². The van der Waals surface area contributed by atoms with Crippen LogP contribution in [0.2, 0.25) is 0 Å². The second-order valence-electron chi connectivity index (χ2n) is 5.66. The number of primary sulfonamides is 1. The standard InChI is InChI=1S/C17H23FN4O2S3/c1-3-20-17(22-10-15-6-7-16(26-15)27(19,23)24)21-9-12-4-5-14(18)8-13(12)11-25-2/h4-8H,3,9-11H2,1-2H3,(H2,19,23,24)(H2,20,21,22). The fraction of sp³-hybridized carbons (Fsp3) is 0.353. The van der Waals surface area contributed by atoms with Gasteiger partial charge in [-0.2, -0.15) is 11.8 Å². The molecule has 0 amide bonds. The quantitative estimate of drug-likeness (QED) is 0.442. The van der Waals surface area contributed by atoms with Gasteiger partial charge in [-0.15, -0.1) is 11.3 Å². The topological polar surface area (TPSA) is 96.6 Å². The zero-order valence-corrected chi connectivity index (χ0v) is 17.6. The highest BCUT2D eigenvalue weighted by Gasteiger charge is 2.11. The largest absolute Gasteiger partial charge is 0.357 e. The highest BCUT2D eigenvalue weighted by atomic mass is 32.2. The maximum atomic E-state index is 13.5. The first-order chi connectivity index (χ1) is 12.8. The molecule has 0 radical (unpaired) electrons. The van der Waals surface area contributed by atoms with Gasteiger partial charge in [-0.3, -0.25) is 0 Å². The lowest BCUT2D eigenvalue weighted by Gasteiger charge is -2.12. The fourth-order valence-corrected chi connectivity index (χ4v) is 4.62. The molecule has 0 aliphatic carbocycles. The Morgan fingerprint density at radius 3 is 2.67 bits per heavy atom. The summed E-state index contributed by atoms with van der Waals surface area (Å²) in [7, 11) is -3.68. The number of hydrogen-bond donors (Lipinski definition) is 3. The van der Waals surface area contributed by atoms with Gasteiger partial charge in [-0.05, 0) is 48.6 Å². The predicted octanol–water partition coefficient (Wildman–Crippen LogP) is 2.65. The molecule has 148 valence electrons. The van der Waals surface area contributed by atoms with Crippen molar-refractivity contribution in [1.82, 2.24) is 10.6 Å². The van der Waals surface area contributed by atoms with Crippen molar-refractivity contribution in [3.63, 3.8) is 0 Å². The van der Waals surface area contributed by atoms with Crippen molar-refractivity contribution in [2.45, 2.75) is 30.0 Å². The zero-order valence-electron chi connectivity index (χ0n) is 15.2. The molecule has 0 saturated carbocycles. The number of benzene rings is 1. The first-order valence-corrected chi connectivity index (χ1v) is 12.0. The van der Waals surface area contributed by atoms with Gasteiger partial charge in [0.2, 0.25) is 10.0 Å². The third kappa shape index (κ3) is 6.80. The van der Waals surface area contributed by atoms with Gasteiger partial charge in [0.1, 0.15) is 10.0 Å². The van der Waals surface area contributed by atoms with Crippen LogP contribution in [0.15, 0.2) is 39.5 Å². The van der Waals surface area contributed by atoms with E-state index < -0.39 is 10.0 Å². The van der Waals surface area contributed by atoms with Crippen LogP contribution in [0.3, 0.4) is 0 Å². The van der Waals surface area contributed by atoms with Crippen LogP contribution >= 0.6 is 23.1 Å². The Morgan fingerprint density at radius 1 is 1.26 bits per heavy atom. The molecule has 2 rings (SSSR count). The van der Waals surface area contributed by atoms with Crippen molar-refractivity contribution in [1.29, 1.82) is 0 Å². The van der Waals surface area contributed by atoms with Crippen LogP contribution in [0.4, 0.5) is 4.39 Å². The first kappa shape index (κ1) is 21.7. The van der Waals surface area contributed by atoms with Crippen LogP contribution in [0.5, 0.6) is 0 Å². The second kappa shape index (κ2) is 10.1. The summed E-state index contributed by atoms with van der Waals surface area (Å²) in [6.45, 7) is 3.48. The molecule has 0 unspecified atom stereocenters. The Balaban J connectivity index is 2.07. The summed E-state index contributed by atoms with van der Waals surface area (Å²) in [5.74, 6) is 1.07. The van der Waals surface area contributed by atoms with Crippen LogP contribution in [-0.2, 0) is 28.9 Å². The SMILES string of the molecule is CCNC(=NCc1ccc(F)cc1CSC)NCc1ccc(S(N)(=O)=O)s1. The van der Waals surface area contributed by atoms with Gasteiger partial charge in [0, 0.05) is 17.2 Å². The minimum Gasteiger partial charge on any atom is -0.357 e. The average molecular weight is 431 g/mol. The first-order valence-electron chi connectivity index (χ1n) is 8.23. The van der Waals surface area contributed by atoms with Gasteiger partial charge in [-0.1, -0.05) is 6.07 Å². The molecule has 10 heteroatoms. The second-order valence-corrected chi connectivity index (χ2v) is 9.48. The Kier molecular flexibility index (Phi) is 8.08. The molecule has 1 aromatic carbocycles. The van der Waals surface area contributed by atoms with E-state index in [1.807, 2.05) is 13.2 Å². The Morgan fingerprint density at radius 2 is 2.04 bits per heavy atom. The number of aliphatic imine (C=N–C) groups is 1. The molecule has 0 aliphatic rings. The number of nitrogens with zero attached hydrogens (tertiary/aromatic N) is 1. The summed E-state index contributed by atoms with van der Waals surface area (Å²) < 4.78 is 36.3. The van der Waals surface area contributed by atoms with Crippen LogP contribution in [0.1, 0.15) is 22.9 Å². The number of nitrogens with two attached hydrogens (primary N) is 1. The summed E-state index contributed by atoms with van der Waals surface area (Å²) in [6.07, 6.45) is 1.97. The summed E-state index contributed by atoms with van der Waals surface area (Å²) in [5, 5.41) is 11.4. The van der Waals surface area contributed by atoms with Crippen molar-refractivity contribution in [2.24, 2.45) is 10.1 Å². The van der Waals surface area contributed by atoms with Gasteiger partial charge in [0.15, 0.2) is 5.96 Å². The molecule has 0 saturated heterocycles. The maximum Gasteiger partial charge on any atom is 0.247 e. The lowest BCUT2D eigenvalue weighted by molar-refractivity contribution is 0.600. The van der Waals surface area contributed by atoms with E-state index in [2.05, 4.69) is 15.6 Å². The third-order valence-electron chi connectivity index (χ3n) is 3.57. The van der Waals surface area contributed by atoms with Gasteiger partial charge in [0.25, 0.3) is 0 Å². The molecule has 27 heavy (non-hydrogen) atoms. The van der Waals surface area contributed by atoms with Crippen LogP contribution < -0.4 is 15.8 Å². The van der Waals surface area contributed by atoms with E-state index in [1.54, 1.807) is 30.0 Å². The number of sulfonamides is 1. The van der Waals surface area contributed by atoms with E-state index in [9.17, 15) is 12.8 Å². The average Bonchev–Trinajstić information content (AvgIpc) is 3.08. The molecule has 0 atom stereocenters. The Bertz CT molecular complexity index is 897. The molecule has 1 heterocycles. The fourth-order valence-electron chi connectivity index (χ4n) is 2.32. The lowest BCUT2D eigenvalue weighted by Crippen LogP contribution is -2.36. The number of rotatable bonds is 8. The van der Waals surface area contributed by atoms with Crippen molar-refractivity contribution in [3.8, 4) is 0 Å². The van der Waals surface area contributed by atoms with Gasteiger partial charge < -0.3 is 10.6 Å².